The molecule has 0 bridgehead atoms. The molecule has 9 nitrogen and oxygen atoms in total. The fraction of sp³-hybridized carbons (Fsp3) is 0.276. The van der Waals surface area contributed by atoms with Crippen LogP contribution in [-0.4, -0.2) is 48.9 Å². The van der Waals surface area contributed by atoms with Crippen molar-refractivity contribution in [1.29, 1.82) is 0 Å². The van der Waals surface area contributed by atoms with Crippen LogP contribution in [0, 0.1) is 0 Å². The summed E-state index contributed by atoms with van der Waals surface area (Å²) in [6.07, 6.45) is 0.662. The summed E-state index contributed by atoms with van der Waals surface area (Å²) in [5, 5.41) is 2.77. The number of anilines is 1. The zero-order valence-electron chi connectivity index (χ0n) is 22.3. The molecule has 0 aliphatic carbocycles. The van der Waals surface area contributed by atoms with Crippen molar-refractivity contribution in [2.45, 2.75) is 38.3 Å². The van der Waals surface area contributed by atoms with E-state index in [0.29, 0.717) is 49.8 Å². The summed E-state index contributed by atoms with van der Waals surface area (Å²) in [7, 11) is -3.71. The number of aromatic nitrogens is 1. The van der Waals surface area contributed by atoms with Gasteiger partial charge in [-0.05, 0) is 66.9 Å². The van der Waals surface area contributed by atoms with Crippen molar-refractivity contribution in [2.24, 2.45) is 4.99 Å². The van der Waals surface area contributed by atoms with Gasteiger partial charge in [-0.15, -0.1) is 0 Å². The molecule has 2 heterocycles. The summed E-state index contributed by atoms with van der Waals surface area (Å²) in [6.45, 7) is 5.61. The third kappa shape index (κ3) is 5.92. The number of amides is 2. The van der Waals surface area contributed by atoms with E-state index in [1.807, 2.05) is 47.9 Å². The molecule has 3 aromatic carbocycles. The number of carbonyl (C=O) groups is 2. The maximum atomic E-state index is 13.3. The largest absolute Gasteiger partial charge is 0.380 e. The Kier molecular flexibility index (Phi) is 8.27. The number of ether oxygens (including phenoxy) is 1. The quantitative estimate of drug-likeness (QED) is 0.316. The molecule has 0 saturated carbocycles. The van der Waals surface area contributed by atoms with Crippen LogP contribution < -0.4 is 10.1 Å². The molecule has 0 spiro atoms. The van der Waals surface area contributed by atoms with Crippen molar-refractivity contribution in [3.8, 4) is 0 Å². The zero-order valence-corrected chi connectivity index (χ0v) is 23.9. The van der Waals surface area contributed by atoms with Gasteiger partial charge in [0.25, 0.3) is 5.91 Å². The van der Waals surface area contributed by atoms with Gasteiger partial charge in [-0.25, -0.2) is 8.42 Å². The molecular weight excluding hydrogens is 548 g/mol. The van der Waals surface area contributed by atoms with E-state index in [1.54, 1.807) is 6.07 Å². The van der Waals surface area contributed by atoms with Crippen molar-refractivity contribution in [3.05, 3.63) is 88.2 Å². The summed E-state index contributed by atoms with van der Waals surface area (Å²) < 4.78 is 36.4. The van der Waals surface area contributed by atoms with Crippen molar-refractivity contribution in [2.75, 3.05) is 25.1 Å². The summed E-state index contributed by atoms with van der Waals surface area (Å²) >= 11 is 1.33. The number of benzene rings is 3. The average molecular weight is 579 g/mol. The minimum Gasteiger partial charge on any atom is -0.380 e. The Bertz CT molecular complexity index is 1740. The highest BCUT2D eigenvalue weighted by Gasteiger charge is 2.28. The molecule has 0 fully saturated rings. The third-order valence-electron chi connectivity index (χ3n) is 6.70. The molecule has 1 aliphatic rings. The van der Waals surface area contributed by atoms with E-state index in [-0.39, 0.29) is 16.4 Å². The maximum Gasteiger partial charge on any atom is 0.279 e. The molecule has 2 amide bonds. The van der Waals surface area contributed by atoms with Gasteiger partial charge in [-0.1, -0.05) is 35.6 Å². The zero-order chi connectivity index (χ0) is 28.3. The van der Waals surface area contributed by atoms with Gasteiger partial charge in [0, 0.05) is 44.4 Å². The van der Waals surface area contributed by atoms with Crippen LogP contribution >= 0.6 is 11.3 Å². The van der Waals surface area contributed by atoms with E-state index in [4.69, 9.17) is 4.74 Å². The van der Waals surface area contributed by atoms with Crippen LogP contribution in [0.5, 0.6) is 0 Å². The number of rotatable bonds is 8. The lowest BCUT2D eigenvalue weighted by molar-refractivity contribution is -0.114. The van der Waals surface area contributed by atoms with Crippen LogP contribution in [0.15, 0.2) is 76.6 Å². The van der Waals surface area contributed by atoms with Crippen molar-refractivity contribution in [3.63, 3.8) is 0 Å². The van der Waals surface area contributed by atoms with Crippen molar-refractivity contribution >= 4 is 49.1 Å². The predicted octanol–water partition coefficient (Wildman–Crippen LogP) is 4.19. The lowest BCUT2D eigenvalue weighted by atomic mass is 10.0. The highest BCUT2D eigenvalue weighted by Crippen LogP contribution is 2.26. The number of hydrogen-bond acceptors (Lipinski definition) is 6. The minimum absolute atomic E-state index is 0.141. The first-order chi connectivity index (χ1) is 19.3. The van der Waals surface area contributed by atoms with E-state index in [9.17, 15) is 18.0 Å². The van der Waals surface area contributed by atoms with Crippen LogP contribution in [0.3, 0.4) is 0 Å². The number of nitrogens with zero attached hydrogens (tertiary/aromatic N) is 3. The number of sulfonamides is 1. The molecule has 5 rings (SSSR count). The Morgan fingerprint density at radius 3 is 2.52 bits per heavy atom. The second kappa shape index (κ2) is 11.8. The van der Waals surface area contributed by atoms with Gasteiger partial charge in [0.2, 0.25) is 15.9 Å². The molecule has 0 unspecified atom stereocenters. The summed E-state index contributed by atoms with van der Waals surface area (Å²) in [5.74, 6) is -0.648. The van der Waals surface area contributed by atoms with E-state index in [2.05, 4.69) is 10.3 Å². The number of carbonyl (C=O) groups excluding carboxylic acids is 2. The number of thiazole rings is 1. The predicted molar refractivity (Wildman–Crippen MR) is 155 cm³/mol. The Morgan fingerprint density at radius 2 is 1.80 bits per heavy atom. The molecule has 0 atom stereocenters. The molecule has 0 saturated heterocycles. The molecule has 0 radical (unpaired) electrons. The normalized spacial score (nSPS) is 14.3. The van der Waals surface area contributed by atoms with Gasteiger partial charge >= 0.3 is 0 Å². The van der Waals surface area contributed by atoms with Crippen LogP contribution in [0.4, 0.5) is 5.69 Å². The van der Waals surface area contributed by atoms with Crippen LogP contribution in [0.25, 0.3) is 10.2 Å². The Balaban J connectivity index is 1.41. The van der Waals surface area contributed by atoms with Crippen LogP contribution in [0.1, 0.15) is 35.3 Å². The average Bonchev–Trinajstić information content (AvgIpc) is 3.28. The van der Waals surface area contributed by atoms with Gasteiger partial charge in [0.1, 0.15) is 0 Å². The first-order valence-electron chi connectivity index (χ1n) is 13.0. The van der Waals surface area contributed by atoms with Gasteiger partial charge < -0.3 is 14.6 Å². The lowest BCUT2D eigenvalue weighted by Crippen LogP contribution is -2.35. The van der Waals surface area contributed by atoms with E-state index < -0.39 is 15.9 Å². The molecule has 1 N–H and O–H groups in total. The molecular formula is C29H30N4O5S2. The molecule has 1 aliphatic heterocycles. The summed E-state index contributed by atoms with van der Waals surface area (Å²) in [4.78, 5) is 29.7. The Hall–Kier alpha value is -3.64. The van der Waals surface area contributed by atoms with Crippen LogP contribution in [-0.2, 0) is 39.1 Å². The minimum atomic E-state index is -3.71. The molecule has 4 aromatic rings. The highest BCUT2D eigenvalue weighted by atomic mass is 32.2. The molecule has 11 heteroatoms. The smallest absolute Gasteiger partial charge is 0.279 e. The second-order valence-electron chi connectivity index (χ2n) is 9.40. The standard InChI is InChI=1S/C29H30N4O5S2/c1-3-38-17-16-33-26-13-10-24(30-20(2)34)18-27(26)39-29(33)31-28(35)22-8-11-25(12-9-22)40(36,37)32-15-14-21-6-4-5-7-23(21)19-32/h4-13,18H,3,14-17,19H2,1-2H3,(H,30,34). The van der Waals surface area contributed by atoms with Crippen molar-refractivity contribution in [1.82, 2.24) is 8.87 Å². The van der Waals surface area contributed by atoms with Gasteiger partial charge in [-0.2, -0.15) is 9.30 Å². The number of hydrogen-bond donors (Lipinski definition) is 1. The van der Waals surface area contributed by atoms with Crippen LogP contribution in [0.2, 0.25) is 0 Å². The first-order valence-corrected chi connectivity index (χ1v) is 15.3. The van der Waals surface area contributed by atoms with Gasteiger partial charge in [0.15, 0.2) is 4.80 Å². The molecule has 1 aromatic heterocycles. The van der Waals surface area contributed by atoms with E-state index in [0.717, 1.165) is 15.8 Å². The Labute approximate surface area is 236 Å². The fourth-order valence-electron chi connectivity index (χ4n) is 4.70. The number of fused-ring (bicyclic) bond motifs is 2. The first kappa shape index (κ1) is 27.9. The monoisotopic (exact) mass is 578 g/mol. The maximum absolute atomic E-state index is 13.3. The summed E-state index contributed by atoms with van der Waals surface area (Å²) in [5.41, 5.74) is 3.99. The lowest BCUT2D eigenvalue weighted by Gasteiger charge is -2.28. The van der Waals surface area contributed by atoms with Gasteiger partial charge in [-0.3, -0.25) is 9.59 Å². The highest BCUT2D eigenvalue weighted by molar-refractivity contribution is 7.89. The van der Waals surface area contributed by atoms with Crippen molar-refractivity contribution < 1.29 is 22.7 Å². The molecule has 40 heavy (non-hydrogen) atoms. The fourth-order valence-corrected chi connectivity index (χ4v) is 7.21. The van der Waals surface area contributed by atoms with E-state index >= 15 is 0 Å². The third-order valence-corrected chi connectivity index (χ3v) is 9.60. The second-order valence-corrected chi connectivity index (χ2v) is 12.3. The van der Waals surface area contributed by atoms with Gasteiger partial charge in [0.05, 0.1) is 21.7 Å². The Morgan fingerprint density at radius 1 is 1.05 bits per heavy atom. The summed E-state index contributed by atoms with van der Waals surface area (Å²) in [6, 6.07) is 19.3. The SMILES string of the molecule is CCOCCn1c(=NC(=O)c2ccc(S(=O)(=O)N3CCc4ccccc4C3)cc2)sc2cc(NC(C)=O)ccc21. The number of nitrogens with one attached hydrogen (secondary N) is 1. The molecule has 208 valence electrons. The topological polar surface area (TPSA) is 110 Å². The van der Waals surface area contributed by atoms with E-state index in [1.165, 1.54) is 52.4 Å².